The third-order valence-corrected chi connectivity index (χ3v) is 3.30. The molecule has 0 saturated carbocycles. The van der Waals surface area contributed by atoms with Crippen molar-refractivity contribution in [1.29, 1.82) is 0 Å². The van der Waals surface area contributed by atoms with E-state index in [1.807, 2.05) is 16.0 Å². The topological polar surface area (TPSA) is 64.9 Å². The van der Waals surface area contributed by atoms with E-state index >= 15 is 0 Å². The van der Waals surface area contributed by atoms with Crippen molar-refractivity contribution < 1.29 is 14.3 Å². The highest BCUT2D eigenvalue weighted by Gasteiger charge is 2.13. The Hall–Kier alpha value is -1.60. The standard InChI is InChI=1S/C11H15N3O3S/c1-16-9(15)3-4-12-7-8-10(17-2)13-11-14(8)5-6-18-11/h5-6,12H,3-4,7H2,1-2H3. The van der Waals surface area contributed by atoms with E-state index < -0.39 is 0 Å². The highest BCUT2D eigenvalue weighted by atomic mass is 32.1. The smallest absolute Gasteiger partial charge is 0.306 e. The van der Waals surface area contributed by atoms with Crippen LogP contribution < -0.4 is 10.1 Å². The Labute approximate surface area is 109 Å². The van der Waals surface area contributed by atoms with Crippen LogP contribution in [0.4, 0.5) is 0 Å². The van der Waals surface area contributed by atoms with Crippen molar-refractivity contribution in [3.05, 3.63) is 17.3 Å². The Morgan fingerprint density at radius 2 is 2.39 bits per heavy atom. The normalized spacial score (nSPS) is 10.8. The van der Waals surface area contributed by atoms with E-state index in [9.17, 15) is 4.79 Å². The lowest BCUT2D eigenvalue weighted by molar-refractivity contribution is -0.140. The molecule has 0 aliphatic carbocycles. The molecule has 0 spiro atoms. The molecule has 2 heterocycles. The van der Waals surface area contributed by atoms with Crippen LogP contribution in [-0.2, 0) is 16.1 Å². The van der Waals surface area contributed by atoms with Crippen LogP contribution >= 0.6 is 11.3 Å². The number of methoxy groups -OCH3 is 2. The molecule has 7 heteroatoms. The Kier molecular flexibility index (Phi) is 4.16. The lowest BCUT2D eigenvalue weighted by Gasteiger charge is -2.05. The minimum Gasteiger partial charge on any atom is -0.480 e. The average molecular weight is 269 g/mol. The van der Waals surface area contributed by atoms with Crippen LogP contribution in [0.25, 0.3) is 4.96 Å². The van der Waals surface area contributed by atoms with E-state index in [1.165, 1.54) is 7.11 Å². The van der Waals surface area contributed by atoms with Gasteiger partial charge in [-0.05, 0) is 0 Å². The van der Waals surface area contributed by atoms with Gasteiger partial charge in [-0.2, -0.15) is 4.98 Å². The Morgan fingerprint density at radius 3 is 3.11 bits per heavy atom. The first-order valence-electron chi connectivity index (χ1n) is 5.52. The van der Waals surface area contributed by atoms with Crippen LogP contribution in [0.2, 0.25) is 0 Å². The summed E-state index contributed by atoms with van der Waals surface area (Å²) in [5.74, 6) is 0.399. The molecule has 0 aliphatic rings. The number of fused-ring (bicyclic) bond motifs is 1. The number of nitrogens with one attached hydrogen (secondary N) is 1. The van der Waals surface area contributed by atoms with Crippen LogP contribution in [0.1, 0.15) is 12.1 Å². The zero-order chi connectivity index (χ0) is 13.0. The number of carbonyl (C=O) groups excluding carboxylic acids is 1. The van der Waals surface area contributed by atoms with Crippen molar-refractivity contribution >= 4 is 22.3 Å². The van der Waals surface area contributed by atoms with Crippen LogP contribution in [-0.4, -0.2) is 36.1 Å². The molecule has 98 valence electrons. The van der Waals surface area contributed by atoms with E-state index in [0.29, 0.717) is 25.4 Å². The summed E-state index contributed by atoms with van der Waals surface area (Å²) in [6.07, 6.45) is 2.30. The van der Waals surface area contributed by atoms with E-state index in [4.69, 9.17) is 4.74 Å². The van der Waals surface area contributed by atoms with Crippen molar-refractivity contribution in [3.63, 3.8) is 0 Å². The molecule has 2 rings (SSSR count). The molecule has 0 aromatic carbocycles. The van der Waals surface area contributed by atoms with Crippen molar-refractivity contribution in [2.24, 2.45) is 0 Å². The van der Waals surface area contributed by atoms with Gasteiger partial charge in [0.25, 0.3) is 0 Å². The van der Waals surface area contributed by atoms with Gasteiger partial charge in [-0.15, -0.1) is 11.3 Å². The van der Waals surface area contributed by atoms with Gasteiger partial charge in [0.05, 0.1) is 20.6 Å². The summed E-state index contributed by atoms with van der Waals surface area (Å²) in [6.45, 7) is 1.16. The molecule has 6 nitrogen and oxygen atoms in total. The Balaban J connectivity index is 1.97. The summed E-state index contributed by atoms with van der Waals surface area (Å²) in [5, 5.41) is 5.14. The number of hydrogen-bond donors (Lipinski definition) is 1. The number of aromatic nitrogens is 2. The molecular formula is C11H15N3O3S. The molecule has 0 aliphatic heterocycles. The summed E-state index contributed by atoms with van der Waals surface area (Å²) >= 11 is 1.56. The number of rotatable bonds is 6. The summed E-state index contributed by atoms with van der Waals surface area (Å²) in [4.78, 5) is 16.2. The van der Waals surface area contributed by atoms with Crippen molar-refractivity contribution in [2.45, 2.75) is 13.0 Å². The minimum absolute atomic E-state index is 0.219. The predicted octanol–water partition coefficient (Wildman–Crippen LogP) is 1.06. The molecule has 0 fully saturated rings. The molecule has 2 aromatic heterocycles. The molecule has 0 amide bonds. The molecule has 1 N–H and O–H groups in total. The van der Waals surface area contributed by atoms with E-state index in [1.54, 1.807) is 18.4 Å². The highest BCUT2D eigenvalue weighted by Crippen LogP contribution is 2.22. The van der Waals surface area contributed by atoms with Gasteiger partial charge in [0.2, 0.25) is 5.88 Å². The number of carbonyl (C=O) groups is 1. The number of esters is 1. The SMILES string of the molecule is COC(=O)CCNCc1c(OC)nc2sccn12. The van der Waals surface area contributed by atoms with Gasteiger partial charge < -0.3 is 14.8 Å². The van der Waals surface area contributed by atoms with E-state index in [0.717, 1.165) is 10.7 Å². The second-order valence-electron chi connectivity index (χ2n) is 3.63. The minimum atomic E-state index is -0.219. The van der Waals surface area contributed by atoms with Gasteiger partial charge in [0, 0.05) is 24.7 Å². The molecule has 2 aromatic rings. The van der Waals surface area contributed by atoms with Crippen LogP contribution in [0.5, 0.6) is 5.88 Å². The quantitative estimate of drug-likeness (QED) is 0.627. The number of nitrogens with zero attached hydrogens (tertiary/aromatic N) is 2. The number of hydrogen-bond acceptors (Lipinski definition) is 6. The fourth-order valence-corrected chi connectivity index (χ4v) is 2.36. The van der Waals surface area contributed by atoms with Gasteiger partial charge in [0.1, 0.15) is 5.69 Å². The van der Waals surface area contributed by atoms with E-state index in [-0.39, 0.29) is 5.97 Å². The number of thiazole rings is 1. The molecule has 0 unspecified atom stereocenters. The molecule has 0 bridgehead atoms. The Bertz CT molecular complexity index is 535. The maximum absolute atomic E-state index is 11.0. The summed E-state index contributed by atoms with van der Waals surface area (Å²) in [7, 11) is 2.99. The van der Waals surface area contributed by atoms with Gasteiger partial charge in [-0.3, -0.25) is 9.20 Å². The second-order valence-corrected chi connectivity index (χ2v) is 4.50. The van der Waals surface area contributed by atoms with Gasteiger partial charge >= 0.3 is 5.97 Å². The zero-order valence-corrected chi connectivity index (χ0v) is 11.1. The van der Waals surface area contributed by atoms with Gasteiger partial charge in [-0.1, -0.05) is 0 Å². The second kappa shape index (κ2) is 5.83. The molecule has 0 atom stereocenters. The van der Waals surface area contributed by atoms with Crippen molar-refractivity contribution in [1.82, 2.24) is 14.7 Å². The first kappa shape index (κ1) is 12.8. The molecule has 0 saturated heterocycles. The Morgan fingerprint density at radius 1 is 1.56 bits per heavy atom. The third kappa shape index (κ3) is 2.62. The van der Waals surface area contributed by atoms with Crippen LogP contribution in [0.3, 0.4) is 0 Å². The fraction of sp³-hybridized carbons (Fsp3) is 0.455. The summed E-state index contributed by atoms with van der Waals surface area (Å²) < 4.78 is 11.8. The molecule has 0 radical (unpaired) electrons. The van der Waals surface area contributed by atoms with Gasteiger partial charge in [0.15, 0.2) is 4.96 Å². The third-order valence-electron chi connectivity index (χ3n) is 2.54. The predicted molar refractivity (Wildman–Crippen MR) is 68.0 cm³/mol. The lowest BCUT2D eigenvalue weighted by Crippen LogP contribution is -2.19. The maximum Gasteiger partial charge on any atom is 0.306 e. The maximum atomic E-state index is 11.0. The highest BCUT2D eigenvalue weighted by molar-refractivity contribution is 7.15. The monoisotopic (exact) mass is 269 g/mol. The van der Waals surface area contributed by atoms with E-state index in [2.05, 4.69) is 15.0 Å². The first-order chi connectivity index (χ1) is 8.76. The lowest BCUT2D eigenvalue weighted by atomic mass is 10.4. The van der Waals surface area contributed by atoms with Crippen molar-refractivity contribution in [2.75, 3.05) is 20.8 Å². The number of imidazole rings is 1. The van der Waals surface area contributed by atoms with Crippen LogP contribution in [0.15, 0.2) is 11.6 Å². The molecule has 18 heavy (non-hydrogen) atoms. The number of ether oxygens (including phenoxy) is 2. The summed E-state index contributed by atoms with van der Waals surface area (Å²) in [5.41, 5.74) is 0.957. The average Bonchev–Trinajstić information content (AvgIpc) is 2.95. The first-order valence-corrected chi connectivity index (χ1v) is 6.40. The largest absolute Gasteiger partial charge is 0.480 e. The summed E-state index contributed by atoms with van der Waals surface area (Å²) in [6, 6.07) is 0. The molecular weight excluding hydrogens is 254 g/mol. The van der Waals surface area contributed by atoms with Crippen molar-refractivity contribution in [3.8, 4) is 5.88 Å². The van der Waals surface area contributed by atoms with Crippen LogP contribution in [0, 0.1) is 0 Å². The van der Waals surface area contributed by atoms with Gasteiger partial charge in [-0.25, -0.2) is 0 Å². The zero-order valence-electron chi connectivity index (χ0n) is 10.3. The fourth-order valence-electron chi connectivity index (χ4n) is 1.64.